The minimum Gasteiger partial charge on any atom is -0.619 e. The van der Waals surface area contributed by atoms with Crippen LogP contribution in [0, 0.1) is 22.9 Å². The highest BCUT2D eigenvalue weighted by atomic mass is 35.5. The number of ether oxygens (including phenoxy) is 3. The third-order valence-electron chi connectivity index (χ3n) is 10.5. The van der Waals surface area contributed by atoms with E-state index in [-0.39, 0.29) is 69.8 Å². The lowest BCUT2D eigenvalue weighted by atomic mass is 9.80. The van der Waals surface area contributed by atoms with E-state index in [9.17, 15) is 28.7 Å². The molecule has 10 nitrogen and oxygen atoms in total. The molecular weight excluding hydrogens is 762 g/mol. The molecule has 8 rings (SSSR count). The van der Waals surface area contributed by atoms with Gasteiger partial charge in [0.05, 0.1) is 24.4 Å². The number of carboxylic acids is 1. The predicted octanol–water partition coefficient (Wildman–Crippen LogP) is 8.47. The van der Waals surface area contributed by atoms with E-state index in [1.165, 1.54) is 48.5 Å². The Labute approximate surface area is 325 Å². The number of benzene rings is 3. The SMILES string of the molecule is O=C(O)c1cccc(CN(C(=O)O[C@H]2CN3CCC2CC3)c2ccccc2F)c1[C@@H](Cc1c(Cl)c[n+]([O-])cc1Cl)c1ccc(OC(F)F)c(OCC2CC2)c1. The van der Waals surface area contributed by atoms with Gasteiger partial charge in [0, 0.05) is 18.0 Å². The number of hydrogen-bond acceptors (Lipinski definition) is 7. The largest absolute Gasteiger partial charge is 0.619 e. The van der Waals surface area contributed by atoms with Gasteiger partial charge in [0.15, 0.2) is 23.9 Å². The van der Waals surface area contributed by atoms with Crippen molar-refractivity contribution in [3.05, 3.63) is 122 Å². The second-order valence-corrected chi connectivity index (χ2v) is 15.0. The van der Waals surface area contributed by atoms with Gasteiger partial charge >= 0.3 is 18.7 Å². The van der Waals surface area contributed by atoms with Crippen LogP contribution in [0.15, 0.2) is 73.1 Å². The summed E-state index contributed by atoms with van der Waals surface area (Å²) < 4.78 is 59.9. The minimum absolute atomic E-state index is 0.00111. The zero-order valence-electron chi connectivity index (χ0n) is 29.5. The summed E-state index contributed by atoms with van der Waals surface area (Å²) in [5.41, 5.74) is 0.990. The molecule has 4 heterocycles. The number of nitrogens with zero attached hydrogens (tertiary/aromatic N) is 3. The number of carbonyl (C=O) groups is 2. The first-order valence-corrected chi connectivity index (χ1v) is 18.8. The fourth-order valence-electron chi connectivity index (χ4n) is 7.53. The second kappa shape index (κ2) is 16.6. The molecule has 55 heavy (non-hydrogen) atoms. The number of aromatic carboxylic acids is 1. The molecule has 1 N–H and O–H groups in total. The molecule has 0 unspecified atom stereocenters. The molecule has 4 fully saturated rings. The molecule has 1 amide bonds. The van der Waals surface area contributed by atoms with E-state index in [4.69, 9.17) is 37.4 Å². The number of amides is 1. The number of rotatable bonds is 14. The van der Waals surface area contributed by atoms with E-state index in [1.54, 1.807) is 12.1 Å². The van der Waals surface area contributed by atoms with Crippen LogP contribution in [0.25, 0.3) is 0 Å². The first-order valence-electron chi connectivity index (χ1n) is 18.0. The van der Waals surface area contributed by atoms with Gasteiger partial charge in [0.1, 0.15) is 22.0 Å². The number of piperidine rings is 3. The van der Waals surface area contributed by atoms with Crippen molar-refractivity contribution in [1.29, 1.82) is 0 Å². The summed E-state index contributed by atoms with van der Waals surface area (Å²) in [6.45, 7) is -0.826. The molecule has 1 aromatic heterocycles. The number of para-hydroxylation sites is 1. The molecule has 15 heteroatoms. The maximum Gasteiger partial charge on any atom is 0.415 e. The van der Waals surface area contributed by atoms with Gasteiger partial charge in [-0.15, -0.1) is 0 Å². The van der Waals surface area contributed by atoms with E-state index in [2.05, 4.69) is 4.90 Å². The van der Waals surface area contributed by atoms with E-state index >= 15 is 4.39 Å². The van der Waals surface area contributed by atoms with Crippen LogP contribution in [0.5, 0.6) is 11.5 Å². The molecule has 1 saturated carbocycles. The Kier molecular flexibility index (Phi) is 11.6. The van der Waals surface area contributed by atoms with Crippen LogP contribution in [0.3, 0.4) is 0 Å². The highest BCUT2D eigenvalue weighted by molar-refractivity contribution is 6.35. The molecule has 2 bridgehead atoms. The summed E-state index contributed by atoms with van der Waals surface area (Å²) in [5.74, 6) is -2.74. The molecule has 3 saturated heterocycles. The van der Waals surface area contributed by atoms with Gasteiger partial charge in [-0.3, -0.25) is 9.80 Å². The topological polar surface area (TPSA) is 115 Å². The summed E-state index contributed by atoms with van der Waals surface area (Å²) >= 11 is 13.2. The maximum atomic E-state index is 15.6. The first kappa shape index (κ1) is 38.6. The smallest absolute Gasteiger partial charge is 0.415 e. The van der Waals surface area contributed by atoms with Gasteiger partial charge in [-0.1, -0.05) is 53.5 Å². The van der Waals surface area contributed by atoms with Gasteiger partial charge in [0.25, 0.3) is 0 Å². The quantitative estimate of drug-likeness (QED) is 0.0999. The monoisotopic (exact) mass is 799 g/mol. The number of alkyl halides is 2. The van der Waals surface area contributed by atoms with Crippen molar-refractivity contribution >= 4 is 41.0 Å². The van der Waals surface area contributed by atoms with Crippen molar-refractivity contribution in [2.45, 2.75) is 57.3 Å². The standard InChI is InChI=1S/C40H38Cl2F3N3O7/c41-30-19-47(52)20-31(42)29(30)17-28(25-10-11-34(54-39(44)45)35(16-25)53-22-23-8-9-23)37-26(4-3-5-27(37)38(49)50)18-48(33-7-2-1-6-32(33)43)40(51)55-36-21-46-14-12-24(36)13-15-46/h1-7,10-11,16,19-20,23-24,28,36,39H,8-9,12-15,17-18,21-22H2,(H,49,50)/t28-,36-/m0/s1. The van der Waals surface area contributed by atoms with Gasteiger partial charge < -0.3 is 24.5 Å². The molecule has 0 spiro atoms. The molecule has 4 aromatic rings. The second-order valence-electron chi connectivity index (χ2n) is 14.2. The molecule has 3 aromatic carbocycles. The summed E-state index contributed by atoms with van der Waals surface area (Å²) in [5, 5.41) is 22.8. The average molecular weight is 801 g/mol. The van der Waals surface area contributed by atoms with Gasteiger partial charge in [-0.25, -0.2) is 14.0 Å². The Morgan fingerprint density at radius 1 is 0.982 bits per heavy atom. The van der Waals surface area contributed by atoms with Crippen molar-refractivity contribution < 1.29 is 46.8 Å². The van der Waals surface area contributed by atoms with E-state index in [0.29, 0.717) is 28.0 Å². The number of hydrogen-bond donors (Lipinski definition) is 1. The number of fused-ring (bicyclic) bond motifs is 3. The van der Waals surface area contributed by atoms with Crippen molar-refractivity contribution in [2.75, 3.05) is 31.1 Å². The first-order chi connectivity index (χ1) is 26.4. The molecule has 0 radical (unpaired) electrons. The Bertz CT molecular complexity index is 2040. The zero-order chi connectivity index (χ0) is 38.8. The molecule has 290 valence electrons. The molecule has 1 aliphatic carbocycles. The highest BCUT2D eigenvalue weighted by Crippen LogP contribution is 2.42. The number of carboxylic acid groups (broad SMARTS) is 1. The summed E-state index contributed by atoms with van der Waals surface area (Å²) in [6, 6.07) is 14.6. The van der Waals surface area contributed by atoms with Crippen LogP contribution in [0.1, 0.15) is 64.2 Å². The third kappa shape index (κ3) is 8.90. The van der Waals surface area contributed by atoms with E-state index in [1.807, 2.05) is 0 Å². The lowest BCUT2D eigenvalue weighted by Gasteiger charge is -2.44. The van der Waals surface area contributed by atoms with Crippen molar-refractivity contribution in [1.82, 2.24) is 4.90 Å². The zero-order valence-corrected chi connectivity index (χ0v) is 31.0. The van der Waals surface area contributed by atoms with Gasteiger partial charge in [0.2, 0.25) is 0 Å². The van der Waals surface area contributed by atoms with E-state index < -0.39 is 36.5 Å². The number of aromatic nitrogens is 1. The van der Waals surface area contributed by atoms with Crippen molar-refractivity contribution in [3.8, 4) is 11.5 Å². The van der Waals surface area contributed by atoms with Crippen molar-refractivity contribution in [2.24, 2.45) is 11.8 Å². The van der Waals surface area contributed by atoms with Crippen LogP contribution >= 0.6 is 23.2 Å². The Balaban J connectivity index is 1.36. The highest BCUT2D eigenvalue weighted by Gasteiger charge is 2.38. The number of pyridine rings is 1. The molecule has 4 aliphatic rings. The number of halogens is 5. The van der Waals surface area contributed by atoms with Crippen LogP contribution in [0.2, 0.25) is 10.0 Å². The van der Waals surface area contributed by atoms with Crippen LogP contribution in [0.4, 0.5) is 23.7 Å². The van der Waals surface area contributed by atoms with Crippen LogP contribution in [-0.4, -0.2) is 61.0 Å². The average Bonchev–Trinajstić information content (AvgIpc) is 3.99. The fourth-order valence-corrected chi connectivity index (χ4v) is 8.13. The fraction of sp³-hybridized carbons (Fsp3) is 0.375. The third-order valence-corrected chi connectivity index (χ3v) is 11.2. The summed E-state index contributed by atoms with van der Waals surface area (Å²) in [7, 11) is 0. The van der Waals surface area contributed by atoms with Crippen LogP contribution in [-0.2, 0) is 17.7 Å². The normalized spacial score (nSPS) is 19.6. The maximum absolute atomic E-state index is 15.6. The van der Waals surface area contributed by atoms with Crippen molar-refractivity contribution in [3.63, 3.8) is 0 Å². The Morgan fingerprint density at radius 3 is 2.35 bits per heavy atom. The Morgan fingerprint density at radius 2 is 1.71 bits per heavy atom. The number of anilines is 1. The lowest BCUT2D eigenvalue weighted by molar-refractivity contribution is -0.605. The lowest BCUT2D eigenvalue weighted by Crippen LogP contribution is -2.53. The Hall–Kier alpha value is -4.72. The minimum atomic E-state index is -3.14. The summed E-state index contributed by atoms with van der Waals surface area (Å²) in [6.07, 6.45) is 4.51. The van der Waals surface area contributed by atoms with Gasteiger partial charge in [-0.05, 0) is 104 Å². The molecule has 2 atom stereocenters. The van der Waals surface area contributed by atoms with Crippen LogP contribution < -0.4 is 19.1 Å². The molecular formula is C40H38Cl2F3N3O7. The van der Waals surface area contributed by atoms with E-state index in [0.717, 1.165) is 56.1 Å². The van der Waals surface area contributed by atoms with Gasteiger partial charge in [-0.2, -0.15) is 13.5 Å². The number of carbonyl (C=O) groups excluding carboxylic acids is 1. The predicted molar refractivity (Wildman–Crippen MR) is 198 cm³/mol. The molecule has 3 aliphatic heterocycles. The summed E-state index contributed by atoms with van der Waals surface area (Å²) in [4.78, 5) is 30.6.